The summed E-state index contributed by atoms with van der Waals surface area (Å²) in [5.74, 6) is 0.522. The smallest absolute Gasteiger partial charge is 0.306 e. The van der Waals surface area contributed by atoms with Crippen LogP contribution in [0.25, 0.3) is 17.1 Å². The van der Waals surface area contributed by atoms with Gasteiger partial charge in [-0.2, -0.15) is 0 Å². The first-order chi connectivity index (χ1) is 12.2. The van der Waals surface area contributed by atoms with Gasteiger partial charge in [-0.25, -0.2) is 4.39 Å². The van der Waals surface area contributed by atoms with Crippen molar-refractivity contribution >= 4 is 17.7 Å². The van der Waals surface area contributed by atoms with Crippen molar-refractivity contribution in [3.8, 4) is 17.1 Å². The maximum atomic E-state index is 13.3. The fourth-order valence-corrected chi connectivity index (χ4v) is 3.07. The second-order valence-corrected chi connectivity index (χ2v) is 6.09. The van der Waals surface area contributed by atoms with E-state index in [1.807, 2.05) is 16.7 Å². The van der Waals surface area contributed by atoms with Gasteiger partial charge >= 0.3 is 5.97 Å². The molecule has 0 amide bonds. The number of esters is 1. The topological polar surface area (TPSA) is 69.9 Å². The minimum Gasteiger partial charge on any atom is -0.469 e. The molecule has 0 aliphatic carbocycles. The number of ether oxygens (including phenoxy) is 1. The summed E-state index contributed by atoms with van der Waals surface area (Å²) >= 11 is 1.38. The summed E-state index contributed by atoms with van der Waals surface area (Å²) in [4.78, 5) is 15.3. The van der Waals surface area contributed by atoms with Gasteiger partial charge in [-0.1, -0.05) is 11.8 Å². The average Bonchev–Trinajstić information content (AvgIpc) is 3.07. The first kappa shape index (κ1) is 17.1. The standard InChI is InChI=1S/C17H15FN4O2S/c1-24-15(23)8-11-25-17-21-20-16(12-6-9-19-10-7-12)22(17)14-4-2-13(18)3-5-14/h2-7,9-10H,8,11H2,1H3. The Bertz CT molecular complexity index is 853. The third-order valence-corrected chi connectivity index (χ3v) is 4.35. The minimum atomic E-state index is -0.317. The number of nitrogens with zero attached hydrogens (tertiary/aromatic N) is 4. The van der Waals surface area contributed by atoms with Gasteiger partial charge < -0.3 is 4.74 Å². The molecule has 0 saturated carbocycles. The van der Waals surface area contributed by atoms with E-state index < -0.39 is 0 Å². The van der Waals surface area contributed by atoms with Crippen molar-refractivity contribution in [1.29, 1.82) is 0 Å². The average molecular weight is 358 g/mol. The van der Waals surface area contributed by atoms with Gasteiger partial charge in [0, 0.05) is 29.4 Å². The first-order valence-electron chi connectivity index (χ1n) is 7.50. The van der Waals surface area contributed by atoms with E-state index in [4.69, 9.17) is 0 Å². The van der Waals surface area contributed by atoms with Crippen LogP contribution < -0.4 is 0 Å². The van der Waals surface area contributed by atoms with Gasteiger partial charge in [-0.15, -0.1) is 10.2 Å². The Balaban J connectivity index is 1.96. The van der Waals surface area contributed by atoms with Gasteiger partial charge in [0.15, 0.2) is 11.0 Å². The molecule has 2 aromatic heterocycles. The van der Waals surface area contributed by atoms with E-state index in [9.17, 15) is 9.18 Å². The lowest BCUT2D eigenvalue weighted by Crippen LogP contribution is -2.03. The molecule has 128 valence electrons. The molecule has 0 saturated heterocycles. The zero-order valence-electron chi connectivity index (χ0n) is 13.4. The molecule has 0 bridgehead atoms. The van der Waals surface area contributed by atoms with Crippen molar-refractivity contribution in [1.82, 2.24) is 19.7 Å². The molecule has 3 rings (SSSR count). The van der Waals surface area contributed by atoms with Crippen LogP contribution in [-0.4, -0.2) is 38.6 Å². The molecule has 0 unspecified atom stereocenters. The van der Waals surface area contributed by atoms with E-state index in [1.165, 1.54) is 31.0 Å². The molecule has 0 radical (unpaired) electrons. The number of methoxy groups -OCH3 is 1. The first-order valence-corrected chi connectivity index (χ1v) is 8.49. The third kappa shape index (κ3) is 4.03. The van der Waals surface area contributed by atoms with Crippen LogP contribution in [0.5, 0.6) is 0 Å². The number of carbonyl (C=O) groups is 1. The fraction of sp³-hybridized carbons (Fsp3) is 0.176. The number of benzene rings is 1. The molecule has 0 aliphatic rings. The van der Waals surface area contributed by atoms with Gasteiger partial charge in [0.1, 0.15) is 5.82 Å². The summed E-state index contributed by atoms with van der Waals surface area (Å²) in [5.41, 5.74) is 1.57. The monoisotopic (exact) mass is 358 g/mol. The summed E-state index contributed by atoms with van der Waals surface area (Å²) in [7, 11) is 1.36. The van der Waals surface area contributed by atoms with E-state index in [-0.39, 0.29) is 18.2 Å². The molecule has 2 heterocycles. The molecule has 8 heteroatoms. The van der Waals surface area contributed by atoms with Crippen molar-refractivity contribution < 1.29 is 13.9 Å². The molecule has 0 spiro atoms. The molecule has 1 aromatic carbocycles. The molecule has 0 aliphatic heterocycles. The van der Waals surface area contributed by atoms with E-state index in [1.54, 1.807) is 24.5 Å². The zero-order valence-corrected chi connectivity index (χ0v) is 14.2. The maximum absolute atomic E-state index is 13.3. The van der Waals surface area contributed by atoms with Gasteiger partial charge in [0.25, 0.3) is 0 Å². The highest BCUT2D eigenvalue weighted by molar-refractivity contribution is 7.99. The van der Waals surface area contributed by atoms with Crippen LogP contribution in [0.15, 0.2) is 53.9 Å². The van der Waals surface area contributed by atoms with Gasteiger partial charge in [-0.05, 0) is 36.4 Å². The van der Waals surface area contributed by atoms with Crippen LogP contribution in [0.1, 0.15) is 6.42 Å². The third-order valence-electron chi connectivity index (χ3n) is 3.42. The summed E-state index contributed by atoms with van der Waals surface area (Å²) in [6.07, 6.45) is 3.61. The van der Waals surface area contributed by atoms with Crippen LogP contribution in [0.3, 0.4) is 0 Å². The number of thioether (sulfide) groups is 1. The summed E-state index contributed by atoms with van der Waals surface area (Å²) < 4.78 is 19.8. The highest BCUT2D eigenvalue weighted by Crippen LogP contribution is 2.28. The van der Waals surface area contributed by atoms with Gasteiger partial charge in [0.2, 0.25) is 0 Å². The van der Waals surface area contributed by atoms with E-state index >= 15 is 0 Å². The largest absolute Gasteiger partial charge is 0.469 e. The Kier molecular flexibility index (Phi) is 5.39. The summed E-state index contributed by atoms with van der Waals surface area (Å²) in [6, 6.07) is 9.74. The quantitative estimate of drug-likeness (QED) is 0.498. The molecule has 25 heavy (non-hydrogen) atoms. The molecule has 0 N–H and O–H groups in total. The van der Waals surface area contributed by atoms with Gasteiger partial charge in [-0.3, -0.25) is 14.3 Å². The Labute approximate surface area is 148 Å². The zero-order chi connectivity index (χ0) is 17.6. The lowest BCUT2D eigenvalue weighted by molar-refractivity contribution is -0.140. The van der Waals surface area contributed by atoms with E-state index in [0.29, 0.717) is 16.7 Å². The molecule has 0 fully saturated rings. The van der Waals surface area contributed by atoms with Crippen molar-refractivity contribution in [3.63, 3.8) is 0 Å². The second-order valence-electron chi connectivity index (χ2n) is 5.03. The van der Waals surface area contributed by atoms with Crippen LogP contribution in [0, 0.1) is 5.82 Å². The highest BCUT2D eigenvalue weighted by Gasteiger charge is 2.16. The molecular weight excluding hydrogens is 343 g/mol. The fourth-order valence-electron chi connectivity index (χ4n) is 2.20. The number of aromatic nitrogens is 4. The molecule has 3 aromatic rings. The number of rotatable bonds is 6. The van der Waals surface area contributed by atoms with Crippen molar-refractivity contribution in [2.75, 3.05) is 12.9 Å². The number of hydrogen-bond donors (Lipinski definition) is 0. The number of halogens is 1. The van der Waals surface area contributed by atoms with Crippen molar-refractivity contribution in [2.45, 2.75) is 11.6 Å². The molecule has 0 atom stereocenters. The van der Waals surface area contributed by atoms with Gasteiger partial charge in [0.05, 0.1) is 13.5 Å². The van der Waals surface area contributed by atoms with Crippen LogP contribution in [-0.2, 0) is 9.53 Å². The van der Waals surface area contributed by atoms with Crippen LogP contribution >= 0.6 is 11.8 Å². The Morgan fingerprint density at radius 1 is 1.16 bits per heavy atom. The number of carbonyl (C=O) groups excluding carboxylic acids is 1. The predicted molar refractivity (Wildman–Crippen MR) is 91.9 cm³/mol. The Hall–Kier alpha value is -2.74. The Morgan fingerprint density at radius 3 is 2.56 bits per heavy atom. The van der Waals surface area contributed by atoms with Crippen molar-refractivity contribution in [3.05, 3.63) is 54.6 Å². The van der Waals surface area contributed by atoms with Crippen molar-refractivity contribution in [2.24, 2.45) is 0 Å². The maximum Gasteiger partial charge on any atom is 0.306 e. The molecule has 6 nitrogen and oxygen atoms in total. The predicted octanol–water partition coefficient (Wildman–Crippen LogP) is 3.12. The van der Waals surface area contributed by atoms with E-state index in [2.05, 4.69) is 19.9 Å². The SMILES string of the molecule is COC(=O)CCSc1nnc(-c2ccncc2)n1-c1ccc(F)cc1. The second kappa shape index (κ2) is 7.89. The Morgan fingerprint density at radius 2 is 1.88 bits per heavy atom. The lowest BCUT2D eigenvalue weighted by Gasteiger charge is -2.10. The normalized spacial score (nSPS) is 10.6. The minimum absolute atomic E-state index is 0.266. The summed E-state index contributed by atoms with van der Waals surface area (Å²) in [6.45, 7) is 0. The summed E-state index contributed by atoms with van der Waals surface area (Å²) in [5, 5.41) is 9.09. The van der Waals surface area contributed by atoms with Crippen LogP contribution in [0.4, 0.5) is 4.39 Å². The lowest BCUT2D eigenvalue weighted by atomic mass is 10.2. The number of pyridine rings is 1. The number of hydrogen-bond acceptors (Lipinski definition) is 6. The van der Waals surface area contributed by atoms with E-state index in [0.717, 1.165) is 11.3 Å². The van der Waals surface area contributed by atoms with Crippen LogP contribution in [0.2, 0.25) is 0 Å². The molecular formula is C17H15FN4O2S. The highest BCUT2D eigenvalue weighted by atomic mass is 32.2.